The summed E-state index contributed by atoms with van der Waals surface area (Å²) in [5, 5.41) is 0.870. The van der Waals surface area contributed by atoms with E-state index in [1.165, 1.54) is 18.4 Å². The summed E-state index contributed by atoms with van der Waals surface area (Å²) >= 11 is 1.48. The standard InChI is InChI=1S/C10H17N3O2S/c1-6-8(7(5-11)9(14)15-4)16-10(12-6)13(2)3/h7H,5,11H2,1-4H3. The molecule has 90 valence electrons. The average Bonchev–Trinajstić information content (AvgIpc) is 2.62. The molecule has 1 heterocycles. The molecular formula is C10H17N3O2S. The molecule has 0 radical (unpaired) electrons. The van der Waals surface area contributed by atoms with Crippen LogP contribution in [-0.2, 0) is 9.53 Å². The van der Waals surface area contributed by atoms with E-state index in [0.717, 1.165) is 15.7 Å². The Labute approximate surface area is 99.2 Å². The van der Waals surface area contributed by atoms with E-state index in [4.69, 9.17) is 10.5 Å². The number of carbonyl (C=O) groups is 1. The number of carbonyl (C=O) groups excluding carboxylic acids is 1. The van der Waals surface area contributed by atoms with E-state index in [0.29, 0.717) is 0 Å². The summed E-state index contributed by atoms with van der Waals surface area (Å²) in [6.07, 6.45) is 0. The number of anilines is 1. The molecule has 0 saturated heterocycles. The zero-order valence-corrected chi connectivity index (χ0v) is 10.8. The van der Waals surface area contributed by atoms with Crippen molar-refractivity contribution >= 4 is 22.4 Å². The average molecular weight is 243 g/mol. The van der Waals surface area contributed by atoms with E-state index in [-0.39, 0.29) is 12.5 Å². The lowest BCUT2D eigenvalue weighted by molar-refractivity contribution is -0.142. The number of aromatic nitrogens is 1. The first kappa shape index (κ1) is 12.9. The number of methoxy groups -OCH3 is 1. The van der Waals surface area contributed by atoms with Crippen molar-refractivity contribution < 1.29 is 9.53 Å². The first-order valence-corrected chi connectivity index (χ1v) is 5.75. The lowest BCUT2D eigenvalue weighted by atomic mass is 10.1. The first-order chi connectivity index (χ1) is 7.51. The zero-order valence-electron chi connectivity index (χ0n) is 9.98. The van der Waals surface area contributed by atoms with Gasteiger partial charge in [-0.05, 0) is 6.92 Å². The van der Waals surface area contributed by atoms with E-state index in [2.05, 4.69) is 4.98 Å². The normalized spacial score (nSPS) is 12.3. The minimum Gasteiger partial charge on any atom is -0.468 e. The topological polar surface area (TPSA) is 68.5 Å². The maximum Gasteiger partial charge on any atom is 0.315 e. The number of thiazole rings is 1. The minimum absolute atomic E-state index is 0.239. The highest BCUT2D eigenvalue weighted by atomic mass is 32.1. The Morgan fingerprint density at radius 1 is 1.62 bits per heavy atom. The first-order valence-electron chi connectivity index (χ1n) is 4.93. The molecule has 1 rings (SSSR count). The zero-order chi connectivity index (χ0) is 12.3. The second kappa shape index (κ2) is 5.27. The van der Waals surface area contributed by atoms with Crippen molar-refractivity contribution in [3.63, 3.8) is 0 Å². The number of hydrogen-bond donors (Lipinski definition) is 1. The van der Waals surface area contributed by atoms with Gasteiger partial charge in [0.05, 0.1) is 12.8 Å². The molecule has 2 N–H and O–H groups in total. The monoisotopic (exact) mass is 243 g/mol. The summed E-state index contributed by atoms with van der Waals surface area (Å²) < 4.78 is 4.73. The van der Waals surface area contributed by atoms with E-state index < -0.39 is 5.92 Å². The molecule has 16 heavy (non-hydrogen) atoms. The van der Waals surface area contributed by atoms with Gasteiger partial charge in [-0.2, -0.15) is 0 Å². The summed E-state index contributed by atoms with van der Waals surface area (Å²) in [5.41, 5.74) is 6.44. The molecule has 0 spiro atoms. The van der Waals surface area contributed by atoms with Crippen LogP contribution in [0.4, 0.5) is 5.13 Å². The Morgan fingerprint density at radius 3 is 2.62 bits per heavy atom. The van der Waals surface area contributed by atoms with Gasteiger partial charge >= 0.3 is 5.97 Å². The van der Waals surface area contributed by atoms with Crippen LogP contribution in [0.5, 0.6) is 0 Å². The van der Waals surface area contributed by atoms with E-state index in [9.17, 15) is 4.79 Å². The molecule has 0 aliphatic heterocycles. The highest BCUT2D eigenvalue weighted by Crippen LogP contribution is 2.31. The molecule has 0 aliphatic carbocycles. The van der Waals surface area contributed by atoms with Crippen molar-refractivity contribution in [1.82, 2.24) is 4.98 Å². The van der Waals surface area contributed by atoms with Crippen LogP contribution in [0.15, 0.2) is 0 Å². The molecule has 0 saturated carbocycles. The Hall–Kier alpha value is -1.14. The van der Waals surface area contributed by atoms with Crippen LogP contribution in [-0.4, -0.2) is 38.7 Å². The second-order valence-electron chi connectivity index (χ2n) is 3.65. The molecular weight excluding hydrogens is 226 g/mol. The van der Waals surface area contributed by atoms with Gasteiger partial charge in [0.2, 0.25) is 0 Å². The largest absolute Gasteiger partial charge is 0.468 e. The maximum absolute atomic E-state index is 11.5. The van der Waals surface area contributed by atoms with Gasteiger partial charge in [-0.25, -0.2) is 4.98 Å². The molecule has 0 bridgehead atoms. The number of nitrogens with zero attached hydrogens (tertiary/aromatic N) is 2. The Kier molecular flexibility index (Phi) is 4.26. The molecule has 1 atom stereocenters. The highest BCUT2D eigenvalue weighted by Gasteiger charge is 2.25. The molecule has 0 amide bonds. The Bertz CT molecular complexity index is 376. The third-order valence-electron chi connectivity index (χ3n) is 2.24. The van der Waals surface area contributed by atoms with Crippen LogP contribution in [0.25, 0.3) is 0 Å². The quantitative estimate of drug-likeness (QED) is 0.790. The Morgan fingerprint density at radius 2 is 2.25 bits per heavy atom. The molecule has 1 aromatic rings. The summed E-state index contributed by atoms with van der Waals surface area (Å²) in [7, 11) is 5.20. The van der Waals surface area contributed by atoms with Crippen LogP contribution in [0, 0.1) is 6.92 Å². The summed E-state index contributed by atoms with van der Waals surface area (Å²) in [6.45, 7) is 2.12. The smallest absolute Gasteiger partial charge is 0.315 e. The fourth-order valence-corrected chi connectivity index (χ4v) is 2.45. The lowest BCUT2D eigenvalue weighted by Gasteiger charge is -2.10. The van der Waals surface area contributed by atoms with Crippen LogP contribution >= 0.6 is 11.3 Å². The summed E-state index contributed by atoms with van der Waals surface area (Å²) in [4.78, 5) is 18.7. The third kappa shape index (κ3) is 2.51. The number of nitrogens with two attached hydrogens (primary N) is 1. The van der Waals surface area contributed by atoms with Crippen molar-refractivity contribution in [3.05, 3.63) is 10.6 Å². The summed E-state index contributed by atoms with van der Waals surface area (Å²) in [5.74, 6) is -0.712. The number of aryl methyl sites for hydroxylation is 1. The number of ether oxygens (including phenoxy) is 1. The molecule has 0 aliphatic rings. The van der Waals surface area contributed by atoms with Gasteiger partial charge in [-0.1, -0.05) is 0 Å². The van der Waals surface area contributed by atoms with Crippen LogP contribution < -0.4 is 10.6 Å². The van der Waals surface area contributed by atoms with E-state index >= 15 is 0 Å². The number of rotatable bonds is 4. The predicted octanol–water partition coefficient (Wildman–Crippen LogP) is 0.733. The predicted molar refractivity (Wildman–Crippen MR) is 65.0 cm³/mol. The van der Waals surface area contributed by atoms with E-state index in [1.54, 1.807) is 0 Å². The second-order valence-corrected chi connectivity index (χ2v) is 4.66. The molecule has 1 aromatic heterocycles. The SMILES string of the molecule is COC(=O)C(CN)c1sc(N(C)C)nc1C. The third-order valence-corrected chi connectivity index (χ3v) is 3.68. The van der Waals surface area contributed by atoms with Gasteiger partial charge in [0.15, 0.2) is 5.13 Å². The van der Waals surface area contributed by atoms with Crippen LogP contribution in [0.1, 0.15) is 16.5 Å². The van der Waals surface area contributed by atoms with Crippen LogP contribution in [0.3, 0.4) is 0 Å². The molecule has 6 heteroatoms. The fraction of sp³-hybridized carbons (Fsp3) is 0.600. The van der Waals surface area contributed by atoms with Gasteiger partial charge in [-0.3, -0.25) is 4.79 Å². The highest BCUT2D eigenvalue weighted by molar-refractivity contribution is 7.16. The molecule has 5 nitrogen and oxygen atoms in total. The number of esters is 1. The molecule has 0 aromatic carbocycles. The van der Waals surface area contributed by atoms with Gasteiger partial charge in [-0.15, -0.1) is 11.3 Å². The minimum atomic E-state index is -0.406. The number of hydrogen-bond acceptors (Lipinski definition) is 6. The van der Waals surface area contributed by atoms with Crippen molar-refractivity contribution in [2.75, 3.05) is 32.6 Å². The van der Waals surface area contributed by atoms with Crippen LogP contribution in [0.2, 0.25) is 0 Å². The lowest BCUT2D eigenvalue weighted by Crippen LogP contribution is -2.22. The van der Waals surface area contributed by atoms with Gasteiger partial charge in [0.25, 0.3) is 0 Å². The molecule has 0 fully saturated rings. The maximum atomic E-state index is 11.5. The summed E-state index contributed by atoms with van der Waals surface area (Å²) in [6, 6.07) is 0. The van der Waals surface area contributed by atoms with Crippen molar-refractivity contribution in [3.8, 4) is 0 Å². The van der Waals surface area contributed by atoms with Gasteiger partial charge in [0, 0.05) is 25.5 Å². The van der Waals surface area contributed by atoms with Crippen molar-refractivity contribution in [1.29, 1.82) is 0 Å². The van der Waals surface area contributed by atoms with Gasteiger partial charge < -0.3 is 15.4 Å². The Balaban J connectivity index is 3.05. The molecule has 1 unspecified atom stereocenters. The fourth-order valence-electron chi connectivity index (χ4n) is 1.36. The van der Waals surface area contributed by atoms with E-state index in [1.807, 2.05) is 25.9 Å². The van der Waals surface area contributed by atoms with Crippen molar-refractivity contribution in [2.45, 2.75) is 12.8 Å². The van der Waals surface area contributed by atoms with Crippen molar-refractivity contribution in [2.24, 2.45) is 5.73 Å². The van der Waals surface area contributed by atoms with Gasteiger partial charge in [0.1, 0.15) is 5.92 Å².